The Balaban J connectivity index is 1.35. The molecule has 1 fully saturated rings. The smallest absolute Gasteiger partial charge is 0.228 e. The minimum Gasteiger partial charge on any atom is -0.457 e. The number of imidazole rings is 1. The fourth-order valence-electron chi connectivity index (χ4n) is 3.80. The highest BCUT2D eigenvalue weighted by Crippen LogP contribution is 2.32. The van der Waals surface area contributed by atoms with Crippen LogP contribution in [0.25, 0.3) is 11.0 Å². The number of pyridine rings is 1. The van der Waals surface area contributed by atoms with E-state index in [0.717, 1.165) is 35.5 Å². The molecule has 4 aromatic rings. The predicted octanol–water partition coefficient (Wildman–Crippen LogP) is 6.15. The normalized spacial score (nSPS) is 13.6. The third-order valence-corrected chi connectivity index (χ3v) is 6.00. The molecule has 7 heteroatoms. The molecule has 1 aliphatic carbocycles. The molecule has 0 bridgehead atoms. The lowest BCUT2D eigenvalue weighted by Crippen LogP contribution is -2.14. The number of nitrogens with zero attached hydrogens (tertiary/aromatic N) is 3. The summed E-state index contributed by atoms with van der Waals surface area (Å²) in [6.45, 7) is 6.61. The van der Waals surface area contributed by atoms with E-state index in [4.69, 9.17) is 9.72 Å². The number of carbonyl (C=O) groups is 1. The lowest BCUT2D eigenvalue weighted by atomic mass is 9.87. The van der Waals surface area contributed by atoms with Gasteiger partial charge >= 0.3 is 0 Å². The molecule has 2 aromatic carbocycles. The van der Waals surface area contributed by atoms with Gasteiger partial charge in [0.25, 0.3) is 0 Å². The number of amides is 1. The first-order chi connectivity index (χ1) is 16.3. The zero-order valence-electron chi connectivity index (χ0n) is 19.9. The van der Waals surface area contributed by atoms with Crippen molar-refractivity contribution in [3.63, 3.8) is 0 Å². The fraction of sp³-hybridized carbons (Fsp3) is 0.296. The van der Waals surface area contributed by atoms with E-state index in [-0.39, 0.29) is 17.2 Å². The first-order valence-electron chi connectivity index (χ1n) is 11.5. The van der Waals surface area contributed by atoms with Gasteiger partial charge in [-0.15, -0.1) is 0 Å². The number of carbonyl (C=O) groups excluding carboxylic acids is 1. The van der Waals surface area contributed by atoms with Crippen LogP contribution in [0.2, 0.25) is 0 Å². The molecule has 0 atom stereocenters. The van der Waals surface area contributed by atoms with Crippen molar-refractivity contribution in [2.75, 3.05) is 10.6 Å². The first kappa shape index (κ1) is 21.9. The molecule has 5 rings (SSSR count). The van der Waals surface area contributed by atoms with Gasteiger partial charge in [0.2, 0.25) is 11.9 Å². The Morgan fingerprint density at radius 2 is 1.85 bits per heavy atom. The maximum Gasteiger partial charge on any atom is 0.228 e. The summed E-state index contributed by atoms with van der Waals surface area (Å²) in [6, 6.07) is 17.7. The summed E-state index contributed by atoms with van der Waals surface area (Å²) < 4.78 is 8.07. The first-order valence-corrected chi connectivity index (χ1v) is 11.5. The van der Waals surface area contributed by atoms with Gasteiger partial charge < -0.3 is 19.9 Å². The van der Waals surface area contributed by atoms with E-state index in [2.05, 4.69) is 54.6 Å². The minimum atomic E-state index is 0.0209. The molecule has 0 saturated heterocycles. The van der Waals surface area contributed by atoms with Crippen LogP contribution in [0.3, 0.4) is 0 Å². The number of anilines is 3. The summed E-state index contributed by atoms with van der Waals surface area (Å²) in [5.74, 6) is 2.67. The van der Waals surface area contributed by atoms with Crippen LogP contribution in [0.15, 0.2) is 60.8 Å². The molecular weight excluding hydrogens is 426 g/mol. The number of aromatic nitrogens is 3. The van der Waals surface area contributed by atoms with E-state index < -0.39 is 0 Å². The van der Waals surface area contributed by atoms with Crippen molar-refractivity contribution >= 4 is 34.4 Å². The van der Waals surface area contributed by atoms with Gasteiger partial charge in [-0.05, 0) is 54.2 Å². The zero-order chi connectivity index (χ0) is 23.9. The monoisotopic (exact) mass is 455 g/mol. The van der Waals surface area contributed by atoms with Crippen molar-refractivity contribution in [3.05, 3.63) is 66.4 Å². The van der Waals surface area contributed by atoms with Gasteiger partial charge in [-0.2, -0.15) is 0 Å². The van der Waals surface area contributed by atoms with Crippen LogP contribution in [-0.4, -0.2) is 20.4 Å². The van der Waals surface area contributed by atoms with E-state index in [1.165, 1.54) is 5.56 Å². The summed E-state index contributed by atoms with van der Waals surface area (Å²) in [5.41, 5.74) is 4.15. The summed E-state index contributed by atoms with van der Waals surface area (Å²) in [6.07, 6.45) is 3.53. The molecule has 0 spiro atoms. The van der Waals surface area contributed by atoms with Gasteiger partial charge in [0, 0.05) is 37.0 Å². The average molecular weight is 456 g/mol. The molecule has 174 valence electrons. The standard InChI is InChI=1S/C27H29N5O2/c1-27(2,3)18-6-5-7-19(14-18)29-26-30-22-15-20(10-11-23(22)32(26)4)34-21-12-13-28-24(16-21)31-25(33)17-8-9-17/h5-7,10-17H,8-9H2,1-4H3,(H,29,30)(H,28,31,33). The predicted molar refractivity (Wildman–Crippen MR) is 135 cm³/mol. The molecule has 0 radical (unpaired) electrons. The highest BCUT2D eigenvalue weighted by atomic mass is 16.5. The maximum atomic E-state index is 12.0. The van der Waals surface area contributed by atoms with Crippen LogP contribution in [0.1, 0.15) is 39.2 Å². The molecular formula is C27H29N5O2. The molecule has 1 aliphatic rings. The third kappa shape index (κ3) is 4.73. The Hall–Kier alpha value is -3.87. The summed E-state index contributed by atoms with van der Waals surface area (Å²) >= 11 is 0. The van der Waals surface area contributed by atoms with E-state index >= 15 is 0 Å². The quantitative estimate of drug-likeness (QED) is 0.364. The largest absolute Gasteiger partial charge is 0.457 e. The van der Waals surface area contributed by atoms with Crippen molar-refractivity contribution in [1.29, 1.82) is 0 Å². The number of hydrogen-bond donors (Lipinski definition) is 2. The molecule has 0 unspecified atom stereocenters. The van der Waals surface area contributed by atoms with E-state index in [1.807, 2.05) is 35.9 Å². The maximum absolute atomic E-state index is 12.0. The second kappa shape index (κ2) is 8.48. The lowest BCUT2D eigenvalue weighted by molar-refractivity contribution is -0.117. The van der Waals surface area contributed by atoms with Crippen LogP contribution in [0.5, 0.6) is 11.5 Å². The molecule has 0 aliphatic heterocycles. The van der Waals surface area contributed by atoms with Gasteiger partial charge in [-0.25, -0.2) is 9.97 Å². The molecule has 34 heavy (non-hydrogen) atoms. The Labute approximate surface area is 199 Å². The Morgan fingerprint density at radius 3 is 2.62 bits per heavy atom. The highest BCUT2D eigenvalue weighted by Gasteiger charge is 2.29. The molecule has 2 N–H and O–H groups in total. The number of ether oxygens (including phenoxy) is 1. The van der Waals surface area contributed by atoms with Crippen molar-refractivity contribution in [1.82, 2.24) is 14.5 Å². The molecule has 2 heterocycles. The molecule has 7 nitrogen and oxygen atoms in total. The van der Waals surface area contributed by atoms with Crippen molar-refractivity contribution < 1.29 is 9.53 Å². The SMILES string of the molecule is Cn1c(Nc2cccc(C(C)(C)C)c2)nc2cc(Oc3ccnc(NC(=O)C4CC4)c3)ccc21. The van der Waals surface area contributed by atoms with Gasteiger partial charge in [-0.1, -0.05) is 32.9 Å². The van der Waals surface area contributed by atoms with Crippen LogP contribution in [-0.2, 0) is 17.3 Å². The van der Waals surface area contributed by atoms with Crippen molar-refractivity contribution in [3.8, 4) is 11.5 Å². The van der Waals surface area contributed by atoms with Crippen LogP contribution in [0.4, 0.5) is 17.5 Å². The van der Waals surface area contributed by atoms with Crippen LogP contribution < -0.4 is 15.4 Å². The summed E-state index contributed by atoms with van der Waals surface area (Å²) in [4.78, 5) is 21.0. The number of rotatable bonds is 6. The highest BCUT2D eigenvalue weighted by molar-refractivity contribution is 5.93. The number of fused-ring (bicyclic) bond motifs is 1. The number of hydrogen-bond acceptors (Lipinski definition) is 5. The lowest BCUT2D eigenvalue weighted by Gasteiger charge is -2.20. The number of aryl methyl sites for hydroxylation is 1. The van der Waals surface area contributed by atoms with Crippen molar-refractivity contribution in [2.45, 2.75) is 39.0 Å². The molecule has 1 saturated carbocycles. The van der Waals surface area contributed by atoms with Gasteiger partial charge in [-0.3, -0.25) is 4.79 Å². The van der Waals surface area contributed by atoms with Crippen LogP contribution >= 0.6 is 0 Å². The second-order valence-electron chi connectivity index (χ2n) is 9.84. The summed E-state index contributed by atoms with van der Waals surface area (Å²) in [7, 11) is 1.99. The summed E-state index contributed by atoms with van der Waals surface area (Å²) in [5, 5.41) is 6.30. The molecule has 1 amide bonds. The Morgan fingerprint density at radius 1 is 1.06 bits per heavy atom. The van der Waals surface area contributed by atoms with Crippen LogP contribution in [0, 0.1) is 5.92 Å². The fourth-order valence-corrected chi connectivity index (χ4v) is 3.80. The van der Waals surface area contributed by atoms with Crippen molar-refractivity contribution in [2.24, 2.45) is 13.0 Å². The zero-order valence-corrected chi connectivity index (χ0v) is 19.9. The average Bonchev–Trinajstić information content (AvgIpc) is 3.60. The number of nitrogens with one attached hydrogen (secondary N) is 2. The second-order valence-corrected chi connectivity index (χ2v) is 9.84. The number of benzene rings is 2. The van der Waals surface area contributed by atoms with Gasteiger partial charge in [0.1, 0.15) is 17.3 Å². The molecule has 2 aromatic heterocycles. The minimum absolute atomic E-state index is 0.0209. The van der Waals surface area contributed by atoms with Gasteiger partial charge in [0.15, 0.2) is 0 Å². The Kier molecular flexibility index (Phi) is 5.48. The Bertz CT molecular complexity index is 1370. The van der Waals surface area contributed by atoms with E-state index in [0.29, 0.717) is 17.3 Å². The third-order valence-electron chi connectivity index (χ3n) is 6.00. The topological polar surface area (TPSA) is 81.1 Å². The van der Waals surface area contributed by atoms with E-state index in [1.54, 1.807) is 18.3 Å². The van der Waals surface area contributed by atoms with Gasteiger partial charge in [0.05, 0.1) is 11.0 Å². The van der Waals surface area contributed by atoms with E-state index in [9.17, 15) is 4.79 Å².